The summed E-state index contributed by atoms with van der Waals surface area (Å²) in [6.07, 6.45) is 1.72. The Morgan fingerprint density at radius 1 is 1.45 bits per heavy atom. The number of thiazole rings is 1. The van der Waals surface area contributed by atoms with Crippen LogP contribution in [0.25, 0.3) is 0 Å². The van der Waals surface area contributed by atoms with E-state index in [0.717, 1.165) is 15.6 Å². The summed E-state index contributed by atoms with van der Waals surface area (Å²) in [6.45, 7) is 8.37. The molecule has 152 valence electrons. The Labute approximate surface area is 176 Å². The van der Waals surface area contributed by atoms with Crippen molar-refractivity contribution < 1.29 is 4.39 Å². The molecule has 3 aromatic rings. The number of thioether (sulfide) groups is 1. The Balaban J connectivity index is 1.69. The smallest absolute Gasteiger partial charge is 0.182 e. The Morgan fingerprint density at radius 3 is 2.93 bits per heavy atom. The van der Waals surface area contributed by atoms with E-state index in [2.05, 4.69) is 27.1 Å². The van der Waals surface area contributed by atoms with Crippen LogP contribution in [0.2, 0.25) is 0 Å². The van der Waals surface area contributed by atoms with Crippen LogP contribution in [0.4, 0.5) is 15.9 Å². The number of nitrogens with zero attached hydrogens (tertiary/aromatic N) is 4. The lowest BCUT2D eigenvalue weighted by Crippen LogP contribution is -2.27. The average Bonchev–Trinajstić information content (AvgIpc) is 3.33. The van der Waals surface area contributed by atoms with Gasteiger partial charge in [-0.3, -0.25) is 4.68 Å². The van der Waals surface area contributed by atoms with Gasteiger partial charge in [-0.2, -0.15) is 5.10 Å². The Morgan fingerprint density at radius 2 is 2.24 bits per heavy atom. The van der Waals surface area contributed by atoms with Gasteiger partial charge in [0, 0.05) is 34.8 Å². The maximum absolute atomic E-state index is 14.1. The molecule has 0 aliphatic heterocycles. The van der Waals surface area contributed by atoms with Gasteiger partial charge in [0.15, 0.2) is 16.8 Å². The minimum Gasteiger partial charge on any atom is -0.396 e. The van der Waals surface area contributed by atoms with Gasteiger partial charge in [-0.25, -0.2) is 20.2 Å². The summed E-state index contributed by atoms with van der Waals surface area (Å²) in [4.78, 5) is 9.78. The maximum atomic E-state index is 14.1. The molecule has 0 radical (unpaired) electrons. The lowest BCUT2D eigenvalue weighted by Gasteiger charge is -2.12. The van der Waals surface area contributed by atoms with E-state index in [-0.39, 0.29) is 18.2 Å². The van der Waals surface area contributed by atoms with Crippen LogP contribution in [0.3, 0.4) is 0 Å². The molecular formula is C19H22FN7S2. The van der Waals surface area contributed by atoms with Crippen molar-refractivity contribution in [2.24, 2.45) is 10.8 Å². The second-order valence-corrected chi connectivity index (χ2v) is 8.38. The SMILES string of the molecule is C=C(SC(=Nc1ccn(Cc2cccc(N)c2F)n1)NN)C(C)c1nc(C)cs1. The van der Waals surface area contributed by atoms with Gasteiger partial charge >= 0.3 is 0 Å². The molecule has 5 N–H and O–H groups in total. The van der Waals surface area contributed by atoms with Gasteiger partial charge in [-0.15, -0.1) is 11.3 Å². The quantitative estimate of drug-likeness (QED) is 0.180. The third-order valence-corrected chi connectivity index (χ3v) is 6.29. The number of nitrogen functional groups attached to an aromatic ring is 1. The van der Waals surface area contributed by atoms with Gasteiger partial charge in [-0.1, -0.05) is 37.4 Å². The van der Waals surface area contributed by atoms with Crippen LogP contribution in [0.1, 0.15) is 29.1 Å². The highest BCUT2D eigenvalue weighted by atomic mass is 32.2. The molecule has 2 aromatic heterocycles. The molecule has 7 nitrogen and oxygen atoms in total. The molecule has 0 aliphatic rings. The van der Waals surface area contributed by atoms with E-state index < -0.39 is 5.82 Å². The zero-order valence-corrected chi connectivity index (χ0v) is 17.7. The molecule has 0 saturated carbocycles. The van der Waals surface area contributed by atoms with E-state index >= 15 is 0 Å². The van der Waals surface area contributed by atoms with Crippen LogP contribution in [-0.4, -0.2) is 19.9 Å². The fourth-order valence-corrected chi connectivity index (χ4v) is 4.20. The molecule has 0 spiro atoms. The number of allylic oxidation sites excluding steroid dienone is 1. The minimum absolute atomic E-state index is 0.0568. The number of anilines is 1. The van der Waals surface area contributed by atoms with Gasteiger partial charge in [0.05, 0.1) is 12.2 Å². The van der Waals surface area contributed by atoms with E-state index in [9.17, 15) is 4.39 Å². The van der Waals surface area contributed by atoms with Crippen molar-refractivity contribution in [1.29, 1.82) is 0 Å². The van der Waals surface area contributed by atoms with Gasteiger partial charge in [0.1, 0.15) is 5.01 Å². The number of halogens is 1. The number of aryl methyl sites for hydroxylation is 1. The van der Waals surface area contributed by atoms with Crippen LogP contribution < -0.4 is 17.0 Å². The number of rotatable bonds is 6. The number of benzene rings is 1. The van der Waals surface area contributed by atoms with Crippen LogP contribution in [0.5, 0.6) is 0 Å². The lowest BCUT2D eigenvalue weighted by molar-refractivity contribution is 0.589. The second kappa shape index (κ2) is 9.21. The maximum Gasteiger partial charge on any atom is 0.182 e. The highest BCUT2D eigenvalue weighted by molar-refractivity contribution is 8.17. The van der Waals surface area contributed by atoms with Gasteiger partial charge in [0.2, 0.25) is 0 Å². The summed E-state index contributed by atoms with van der Waals surface area (Å²) in [6, 6.07) is 6.62. The van der Waals surface area contributed by atoms with Gasteiger partial charge < -0.3 is 11.2 Å². The first-order valence-electron chi connectivity index (χ1n) is 8.77. The first-order chi connectivity index (χ1) is 13.9. The first-order valence-corrected chi connectivity index (χ1v) is 10.5. The van der Waals surface area contributed by atoms with Crippen LogP contribution in [0.15, 0.2) is 52.3 Å². The number of hydrogen-bond donors (Lipinski definition) is 3. The van der Waals surface area contributed by atoms with Crippen molar-refractivity contribution in [3.63, 3.8) is 0 Å². The van der Waals surface area contributed by atoms with E-state index in [1.165, 1.54) is 17.8 Å². The molecule has 0 amide bonds. The topological polar surface area (TPSA) is 107 Å². The van der Waals surface area contributed by atoms with Crippen LogP contribution >= 0.6 is 23.1 Å². The van der Waals surface area contributed by atoms with E-state index in [1.807, 2.05) is 19.2 Å². The monoisotopic (exact) mass is 431 g/mol. The molecule has 0 aliphatic carbocycles. The fourth-order valence-electron chi connectivity index (χ4n) is 2.50. The lowest BCUT2D eigenvalue weighted by atomic mass is 10.2. The molecule has 0 saturated heterocycles. The minimum atomic E-state index is -0.435. The van der Waals surface area contributed by atoms with Crippen molar-refractivity contribution in [2.45, 2.75) is 26.3 Å². The molecule has 0 fully saturated rings. The van der Waals surface area contributed by atoms with Crippen molar-refractivity contribution in [1.82, 2.24) is 20.2 Å². The van der Waals surface area contributed by atoms with Gasteiger partial charge in [-0.05, 0) is 17.9 Å². The number of nitrogens with one attached hydrogen (secondary N) is 1. The van der Waals surface area contributed by atoms with Crippen molar-refractivity contribution in [2.75, 3.05) is 5.73 Å². The fraction of sp³-hybridized carbons (Fsp3) is 0.211. The standard InChI is InChI=1S/C19H22FN7S2/c1-11-10-28-18(23-11)12(2)13(3)29-19(25-22)24-16-7-8-27(26-16)9-14-5-4-6-15(21)17(14)20/h4-8,10,12H,3,9,21-22H2,1-2H3,(H,24,25,26). The summed E-state index contributed by atoms with van der Waals surface area (Å²) in [5.74, 6) is 5.69. The zero-order chi connectivity index (χ0) is 21.0. The van der Waals surface area contributed by atoms with E-state index in [0.29, 0.717) is 16.5 Å². The third-order valence-electron chi connectivity index (χ3n) is 4.12. The third kappa shape index (κ3) is 5.22. The summed E-state index contributed by atoms with van der Waals surface area (Å²) in [7, 11) is 0. The zero-order valence-electron chi connectivity index (χ0n) is 16.1. The second-order valence-electron chi connectivity index (χ2n) is 6.37. The van der Waals surface area contributed by atoms with Crippen LogP contribution in [-0.2, 0) is 6.54 Å². The largest absolute Gasteiger partial charge is 0.396 e. The van der Waals surface area contributed by atoms with E-state index in [1.54, 1.807) is 40.4 Å². The molecular weight excluding hydrogens is 409 g/mol. The number of amidine groups is 1. The summed E-state index contributed by atoms with van der Waals surface area (Å²) >= 11 is 2.93. The summed E-state index contributed by atoms with van der Waals surface area (Å²) in [5.41, 5.74) is 9.75. The molecule has 10 heteroatoms. The van der Waals surface area contributed by atoms with Crippen LogP contribution in [0, 0.1) is 12.7 Å². The average molecular weight is 432 g/mol. The molecule has 29 heavy (non-hydrogen) atoms. The molecule has 1 aromatic carbocycles. The molecule has 3 rings (SSSR count). The molecule has 1 atom stereocenters. The highest BCUT2D eigenvalue weighted by Crippen LogP contribution is 2.33. The number of nitrogens with two attached hydrogens (primary N) is 2. The molecule has 2 heterocycles. The van der Waals surface area contributed by atoms with Gasteiger partial charge in [0.25, 0.3) is 0 Å². The predicted molar refractivity (Wildman–Crippen MR) is 119 cm³/mol. The summed E-state index contributed by atoms with van der Waals surface area (Å²) in [5, 5.41) is 7.81. The normalized spacial score (nSPS) is 12.8. The number of hydrazine groups is 1. The Hall–Kier alpha value is -2.69. The number of aromatic nitrogens is 3. The molecule has 1 unspecified atom stereocenters. The Kier molecular flexibility index (Phi) is 6.68. The predicted octanol–water partition coefficient (Wildman–Crippen LogP) is 3.92. The Bertz CT molecular complexity index is 1040. The number of aliphatic imine (C=N–C) groups is 1. The first kappa shape index (κ1) is 21.0. The highest BCUT2D eigenvalue weighted by Gasteiger charge is 2.16. The van der Waals surface area contributed by atoms with Crippen molar-refractivity contribution in [3.8, 4) is 0 Å². The number of hydrogen-bond acceptors (Lipinski definition) is 7. The van der Waals surface area contributed by atoms with Crippen molar-refractivity contribution in [3.05, 3.63) is 69.4 Å². The summed E-state index contributed by atoms with van der Waals surface area (Å²) < 4.78 is 15.7. The van der Waals surface area contributed by atoms with Crippen molar-refractivity contribution >= 4 is 39.8 Å². The molecule has 0 bridgehead atoms. The van der Waals surface area contributed by atoms with E-state index in [4.69, 9.17) is 11.6 Å².